The Morgan fingerprint density at radius 3 is 2.55 bits per heavy atom. The largest absolute Gasteiger partial charge is 0.321 e. The number of benzene rings is 1. The standard InChI is InChI=1S/C16H21FN2O/c1-2-11-19-14(12-5-7-13(17)8-6-12)18-16(15(19)20)9-3-4-10-16/h5-8,14,18H,2-4,9-11H2,1H3. The van der Waals surface area contributed by atoms with Gasteiger partial charge in [-0.1, -0.05) is 31.9 Å². The molecule has 3 nitrogen and oxygen atoms in total. The number of halogens is 1. The molecule has 0 bridgehead atoms. The second-order valence-corrected chi connectivity index (χ2v) is 5.89. The molecule has 4 heteroatoms. The van der Waals surface area contributed by atoms with E-state index in [0.29, 0.717) is 0 Å². The van der Waals surface area contributed by atoms with Crippen LogP contribution in [0, 0.1) is 5.82 Å². The summed E-state index contributed by atoms with van der Waals surface area (Å²) in [7, 11) is 0. The fourth-order valence-electron chi connectivity index (χ4n) is 3.51. The number of carbonyl (C=O) groups excluding carboxylic acids is 1. The van der Waals surface area contributed by atoms with E-state index in [1.54, 1.807) is 12.1 Å². The van der Waals surface area contributed by atoms with Gasteiger partial charge in [0.2, 0.25) is 5.91 Å². The molecule has 2 fully saturated rings. The molecule has 0 aromatic heterocycles. The average molecular weight is 276 g/mol. The summed E-state index contributed by atoms with van der Waals surface area (Å²) in [6.07, 6.45) is 4.87. The predicted molar refractivity (Wildman–Crippen MR) is 75.5 cm³/mol. The lowest BCUT2D eigenvalue weighted by Crippen LogP contribution is -2.44. The van der Waals surface area contributed by atoms with Gasteiger partial charge in [0.25, 0.3) is 0 Å². The van der Waals surface area contributed by atoms with Gasteiger partial charge >= 0.3 is 0 Å². The number of hydrogen-bond donors (Lipinski definition) is 1. The minimum Gasteiger partial charge on any atom is -0.321 e. The van der Waals surface area contributed by atoms with Crippen molar-refractivity contribution in [1.82, 2.24) is 10.2 Å². The molecular formula is C16H21FN2O. The summed E-state index contributed by atoms with van der Waals surface area (Å²) in [5, 5.41) is 3.54. The van der Waals surface area contributed by atoms with Crippen LogP contribution in [0.15, 0.2) is 24.3 Å². The number of hydrogen-bond acceptors (Lipinski definition) is 2. The molecule has 1 saturated carbocycles. The van der Waals surface area contributed by atoms with Gasteiger partial charge in [0.05, 0.1) is 5.54 Å². The van der Waals surface area contributed by atoms with Crippen LogP contribution >= 0.6 is 0 Å². The van der Waals surface area contributed by atoms with Gasteiger partial charge in [0.1, 0.15) is 12.0 Å². The van der Waals surface area contributed by atoms with Gasteiger partial charge < -0.3 is 4.90 Å². The van der Waals surface area contributed by atoms with Crippen molar-refractivity contribution in [2.24, 2.45) is 0 Å². The van der Waals surface area contributed by atoms with E-state index >= 15 is 0 Å². The number of amides is 1. The topological polar surface area (TPSA) is 32.3 Å². The van der Waals surface area contributed by atoms with E-state index in [2.05, 4.69) is 12.2 Å². The van der Waals surface area contributed by atoms with E-state index in [4.69, 9.17) is 0 Å². The molecule has 1 spiro atoms. The molecular weight excluding hydrogens is 255 g/mol. The maximum Gasteiger partial charge on any atom is 0.244 e. The van der Waals surface area contributed by atoms with Crippen LogP contribution in [0.3, 0.4) is 0 Å². The van der Waals surface area contributed by atoms with Crippen molar-refractivity contribution in [2.45, 2.75) is 50.7 Å². The van der Waals surface area contributed by atoms with Crippen LogP contribution in [0.4, 0.5) is 4.39 Å². The Labute approximate surface area is 119 Å². The normalized spacial score (nSPS) is 24.8. The molecule has 1 amide bonds. The van der Waals surface area contributed by atoms with Crippen LogP contribution in [-0.4, -0.2) is 22.9 Å². The third-order valence-electron chi connectivity index (χ3n) is 4.50. The third-order valence-corrected chi connectivity index (χ3v) is 4.50. The Bertz CT molecular complexity index is 494. The minimum absolute atomic E-state index is 0.110. The van der Waals surface area contributed by atoms with Crippen LogP contribution in [0.2, 0.25) is 0 Å². The van der Waals surface area contributed by atoms with E-state index in [1.807, 2.05) is 4.90 Å². The summed E-state index contributed by atoms with van der Waals surface area (Å²) in [5.41, 5.74) is 0.603. The zero-order valence-electron chi connectivity index (χ0n) is 11.9. The van der Waals surface area contributed by atoms with Crippen LogP contribution in [-0.2, 0) is 4.79 Å². The maximum atomic E-state index is 13.1. The average Bonchev–Trinajstić information content (AvgIpc) is 3.02. The summed E-state index contributed by atoms with van der Waals surface area (Å²) >= 11 is 0. The molecule has 1 heterocycles. The lowest BCUT2D eigenvalue weighted by Gasteiger charge is -2.23. The van der Waals surface area contributed by atoms with E-state index in [9.17, 15) is 9.18 Å². The van der Waals surface area contributed by atoms with Crippen molar-refractivity contribution in [2.75, 3.05) is 6.54 Å². The molecule has 1 aliphatic heterocycles. The molecule has 0 radical (unpaired) electrons. The van der Waals surface area contributed by atoms with Crippen molar-refractivity contribution in [3.8, 4) is 0 Å². The Kier molecular flexibility index (Phi) is 3.50. The molecule has 3 rings (SSSR count). The fraction of sp³-hybridized carbons (Fsp3) is 0.562. The first kappa shape index (κ1) is 13.6. The third kappa shape index (κ3) is 2.12. The van der Waals surface area contributed by atoms with E-state index in [1.165, 1.54) is 12.1 Å². The van der Waals surface area contributed by atoms with Gasteiger partial charge in [-0.3, -0.25) is 10.1 Å². The van der Waals surface area contributed by atoms with Crippen molar-refractivity contribution in [1.29, 1.82) is 0 Å². The Morgan fingerprint density at radius 2 is 1.95 bits per heavy atom. The summed E-state index contributed by atoms with van der Waals surface area (Å²) in [6.45, 7) is 2.82. The number of nitrogens with one attached hydrogen (secondary N) is 1. The lowest BCUT2D eigenvalue weighted by atomic mass is 9.98. The van der Waals surface area contributed by atoms with Crippen molar-refractivity contribution in [3.63, 3.8) is 0 Å². The van der Waals surface area contributed by atoms with Crippen molar-refractivity contribution in [3.05, 3.63) is 35.6 Å². The SMILES string of the molecule is CCCN1C(=O)C2(CCCC2)NC1c1ccc(F)cc1. The highest BCUT2D eigenvalue weighted by Gasteiger charge is 2.52. The fourth-order valence-corrected chi connectivity index (χ4v) is 3.51. The van der Waals surface area contributed by atoms with Crippen LogP contribution < -0.4 is 5.32 Å². The Hall–Kier alpha value is -1.42. The molecule has 1 aromatic carbocycles. The quantitative estimate of drug-likeness (QED) is 0.920. The van der Waals surface area contributed by atoms with Gasteiger partial charge in [-0.25, -0.2) is 4.39 Å². The molecule has 1 saturated heterocycles. The Morgan fingerprint density at radius 1 is 1.30 bits per heavy atom. The van der Waals surface area contributed by atoms with Gasteiger partial charge in [-0.15, -0.1) is 0 Å². The van der Waals surface area contributed by atoms with E-state index < -0.39 is 0 Å². The van der Waals surface area contributed by atoms with E-state index in [-0.39, 0.29) is 23.4 Å². The molecule has 1 unspecified atom stereocenters. The zero-order valence-corrected chi connectivity index (χ0v) is 11.9. The smallest absolute Gasteiger partial charge is 0.244 e. The van der Waals surface area contributed by atoms with Crippen LogP contribution in [0.5, 0.6) is 0 Å². The number of carbonyl (C=O) groups is 1. The first-order valence-electron chi connectivity index (χ1n) is 7.50. The first-order chi connectivity index (χ1) is 9.66. The van der Waals surface area contributed by atoms with Gasteiger partial charge in [0.15, 0.2) is 0 Å². The van der Waals surface area contributed by atoms with Gasteiger partial charge in [-0.05, 0) is 37.0 Å². The second-order valence-electron chi connectivity index (χ2n) is 5.89. The molecule has 1 N–H and O–H groups in total. The minimum atomic E-state index is -0.367. The molecule has 1 aromatic rings. The summed E-state index contributed by atoms with van der Waals surface area (Å²) in [5.74, 6) is -0.0122. The molecule has 108 valence electrons. The summed E-state index contributed by atoms with van der Waals surface area (Å²) < 4.78 is 13.1. The van der Waals surface area contributed by atoms with Gasteiger partial charge in [-0.2, -0.15) is 0 Å². The van der Waals surface area contributed by atoms with Gasteiger partial charge in [0, 0.05) is 6.54 Å². The molecule has 1 atom stereocenters. The summed E-state index contributed by atoms with van der Waals surface area (Å²) in [4.78, 5) is 14.7. The lowest BCUT2D eigenvalue weighted by molar-refractivity contribution is -0.133. The molecule has 20 heavy (non-hydrogen) atoms. The maximum absolute atomic E-state index is 13.1. The molecule has 1 aliphatic carbocycles. The van der Waals surface area contributed by atoms with Crippen LogP contribution in [0.25, 0.3) is 0 Å². The summed E-state index contributed by atoms with van der Waals surface area (Å²) in [6, 6.07) is 6.48. The zero-order chi connectivity index (χ0) is 14.2. The number of nitrogens with zero attached hydrogens (tertiary/aromatic N) is 1. The monoisotopic (exact) mass is 276 g/mol. The highest BCUT2D eigenvalue weighted by molar-refractivity contribution is 5.89. The number of rotatable bonds is 3. The van der Waals surface area contributed by atoms with Crippen molar-refractivity contribution >= 4 is 5.91 Å². The Balaban J connectivity index is 1.92. The highest BCUT2D eigenvalue weighted by Crippen LogP contribution is 2.40. The highest BCUT2D eigenvalue weighted by atomic mass is 19.1. The van der Waals surface area contributed by atoms with Crippen molar-refractivity contribution < 1.29 is 9.18 Å². The first-order valence-corrected chi connectivity index (χ1v) is 7.50. The van der Waals surface area contributed by atoms with E-state index in [0.717, 1.165) is 44.2 Å². The molecule has 2 aliphatic rings. The predicted octanol–water partition coefficient (Wildman–Crippen LogP) is 2.98. The van der Waals surface area contributed by atoms with Crippen LogP contribution in [0.1, 0.15) is 50.8 Å². The second kappa shape index (κ2) is 5.17.